The maximum Gasteiger partial charge on any atom is 0.416 e. The van der Waals surface area contributed by atoms with Gasteiger partial charge in [-0.05, 0) is 41.6 Å². The van der Waals surface area contributed by atoms with E-state index in [4.69, 9.17) is 0 Å². The van der Waals surface area contributed by atoms with Crippen molar-refractivity contribution in [3.8, 4) is 0 Å². The summed E-state index contributed by atoms with van der Waals surface area (Å²) in [6, 6.07) is 7.71. The van der Waals surface area contributed by atoms with Gasteiger partial charge >= 0.3 is 6.18 Å². The monoisotopic (exact) mass is 340 g/mol. The van der Waals surface area contributed by atoms with E-state index in [-0.39, 0.29) is 6.04 Å². The highest BCUT2D eigenvalue weighted by atomic mass is 32.1. The summed E-state index contributed by atoms with van der Waals surface area (Å²) in [5.41, 5.74) is 1.52. The minimum absolute atomic E-state index is 0.0272. The van der Waals surface area contributed by atoms with Gasteiger partial charge in [0.25, 0.3) is 0 Å². The maximum absolute atomic E-state index is 12.8. The van der Waals surface area contributed by atoms with E-state index >= 15 is 0 Å². The first-order chi connectivity index (χ1) is 11.0. The van der Waals surface area contributed by atoms with Crippen LogP contribution in [0.5, 0.6) is 0 Å². The van der Waals surface area contributed by atoms with Crippen LogP contribution < -0.4 is 5.32 Å². The molecule has 2 heterocycles. The van der Waals surface area contributed by atoms with E-state index in [2.05, 4.69) is 23.2 Å². The van der Waals surface area contributed by atoms with Gasteiger partial charge in [-0.15, -0.1) is 11.3 Å². The first-order valence-electron chi connectivity index (χ1n) is 7.63. The highest BCUT2D eigenvalue weighted by Gasteiger charge is 2.31. The average molecular weight is 340 g/mol. The lowest BCUT2D eigenvalue weighted by Crippen LogP contribution is -2.45. The molecule has 0 saturated carbocycles. The van der Waals surface area contributed by atoms with Crippen molar-refractivity contribution in [2.75, 3.05) is 26.2 Å². The van der Waals surface area contributed by atoms with E-state index in [9.17, 15) is 13.2 Å². The van der Waals surface area contributed by atoms with Crippen LogP contribution in [0.3, 0.4) is 0 Å². The summed E-state index contributed by atoms with van der Waals surface area (Å²) < 4.78 is 38.4. The summed E-state index contributed by atoms with van der Waals surface area (Å²) in [5.74, 6) is 0. The van der Waals surface area contributed by atoms with Crippen LogP contribution in [0.1, 0.15) is 27.6 Å². The standard InChI is InChI=1S/C17H19F3N2S/c1-12-6-11-23-16(12)15(22-9-7-21-8-10-22)13-2-4-14(5-3-13)17(18,19)20/h2-6,11,15,21H,7-10H2,1H3. The molecule has 124 valence electrons. The third-order valence-corrected chi connectivity index (χ3v) is 5.29. The van der Waals surface area contributed by atoms with Crippen LogP contribution >= 0.6 is 11.3 Å². The Bertz CT molecular complexity index is 643. The van der Waals surface area contributed by atoms with Gasteiger partial charge in [-0.1, -0.05) is 12.1 Å². The summed E-state index contributed by atoms with van der Waals surface area (Å²) in [6.07, 6.45) is -4.29. The molecule has 1 fully saturated rings. The molecule has 1 unspecified atom stereocenters. The molecule has 1 aliphatic rings. The molecule has 1 saturated heterocycles. The number of nitrogens with zero attached hydrogens (tertiary/aromatic N) is 1. The van der Waals surface area contributed by atoms with Gasteiger partial charge in [-0.2, -0.15) is 13.2 Å². The predicted octanol–water partition coefficient (Wildman–Crippen LogP) is 4.07. The minimum atomic E-state index is -4.29. The fourth-order valence-electron chi connectivity index (χ4n) is 2.99. The summed E-state index contributed by atoms with van der Waals surface area (Å²) >= 11 is 1.67. The quantitative estimate of drug-likeness (QED) is 0.906. The van der Waals surface area contributed by atoms with E-state index in [0.717, 1.165) is 31.7 Å². The Kier molecular flexibility index (Phi) is 4.75. The maximum atomic E-state index is 12.8. The van der Waals surface area contributed by atoms with Crippen LogP contribution in [-0.2, 0) is 6.18 Å². The molecule has 1 aliphatic heterocycles. The fourth-order valence-corrected chi connectivity index (χ4v) is 4.07. The lowest BCUT2D eigenvalue weighted by Gasteiger charge is -2.35. The number of thiophene rings is 1. The smallest absolute Gasteiger partial charge is 0.314 e. The van der Waals surface area contributed by atoms with Crippen LogP contribution in [0.25, 0.3) is 0 Å². The summed E-state index contributed by atoms with van der Waals surface area (Å²) in [5, 5.41) is 5.37. The summed E-state index contributed by atoms with van der Waals surface area (Å²) in [6.45, 7) is 5.65. The topological polar surface area (TPSA) is 15.3 Å². The lowest BCUT2D eigenvalue weighted by molar-refractivity contribution is -0.137. The van der Waals surface area contributed by atoms with Crippen LogP contribution in [0.4, 0.5) is 13.2 Å². The van der Waals surface area contributed by atoms with Gasteiger partial charge in [-0.25, -0.2) is 0 Å². The fraction of sp³-hybridized carbons (Fsp3) is 0.412. The highest BCUT2D eigenvalue weighted by molar-refractivity contribution is 7.10. The zero-order valence-corrected chi connectivity index (χ0v) is 13.7. The highest BCUT2D eigenvalue weighted by Crippen LogP contribution is 2.36. The SMILES string of the molecule is Cc1ccsc1C(c1ccc(C(F)(F)F)cc1)N1CCNCC1. The van der Waals surface area contributed by atoms with E-state index in [1.54, 1.807) is 23.5 Å². The van der Waals surface area contributed by atoms with Crippen molar-refractivity contribution >= 4 is 11.3 Å². The van der Waals surface area contributed by atoms with Crippen LogP contribution in [0, 0.1) is 6.92 Å². The van der Waals surface area contributed by atoms with Gasteiger partial charge in [0.1, 0.15) is 0 Å². The Morgan fingerprint density at radius 2 is 1.74 bits per heavy atom. The second-order valence-corrected chi connectivity index (χ2v) is 6.72. The Morgan fingerprint density at radius 1 is 1.09 bits per heavy atom. The third-order valence-electron chi connectivity index (χ3n) is 4.22. The number of benzene rings is 1. The Morgan fingerprint density at radius 3 is 2.26 bits per heavy atom. The van der Waals surface area contributed by atoms with Crippen LogP contribution in [-0.4, -0.2) is 31.1 Å². The van der Waals surface area contributed by atoms with Gasteiger partial charge in [0.15, 0.2) is 0 Å². The van der Waals surface area contributed by atoms with Gasteiger partial charge in [-0.3, -0.25) is 4.90 Å². The number of hydrogen-bond acceptors (Lipinski definition) is 3. The van der Waals surface area contributed by atoms with Gasteiger partial charge in [0, 0.05) is 31.1 Å². The molecule has 1 aromatic heterocycles. The molecule has 0 aliphatic carbocycles. The van der Waals surface area contributed by atoms with E-state index in [0.29, 0.717) is 0 Å². The molecular weight excluding hydrogens is 321 g/mol. The third kappa shape index (κ3) is 3.59. The Hall–Kier alpha value is -1.37. The van der Waals surface area contributed by atoms with E-state index in [1.165, 1.54) is 22.6 Å². The summed E-state index contributed by atoms with van der Waals surface area (Å²) in [4.78, 5) is 3.56. The predicted molar refractivity (Wildman–Crippen MR) is 86.8 cm³/mol. The van der Waals surface area contributed by atoms with Crippen molar-refractivity contribution in [1.29, 1.82) is 0 Å². The van der Waals surface area contributed by atoms with Gasteiger partial charge < -0.3 is 5.32 Å². The summed E-state index contributed by atoms with van der Waals surface area (Å²) in [7, 11) is 0. The molecule has 23 heavy (non-hydrogen) atoms. The molecular formula is C17H19F3N2S. The Balaban J connectivity index is 1.96. The minimum Gasteiger partial charge on any atom is -0.314 e. The van der Waals surface area contributed by atoms with Crippen LogP contribution in [0.2, 0.25) is 0 Å². The normalized spacial score (nSPS) is 18.1. The number of halogens is 3. The molecule has 0 radical (unpaired) electrons. The van der Waals surface area contributed by atoms with Crippen molar-refractivity contribution in [2.24, 2.45) is 0 Å². The zero-order chi connectivity index (χ0) is 16.4. The number of alkyl halides is 3. The molecule has 6 heteroatoms. The lowest BCUT2D eigenvalue weighted by atomic mass is 9.99. The number of piperazine rings is 1. The molecule has 1 N–H and O–H groups in total. The number of aryl methyl sites for hydroxylation is 1. The van der Waals surface area contributed by atoms with Gasteiger partial charge in [0.2, 0.25) is 0 Å². The van der Waals surface area contributed by atoms with Gasteiger partial charge in [0.05, 0.1) is 11.6 Å². The van der Waals surface area contributed by atoms with E-state index in [1.807, 2.05) is 5.38 Å². The first-order valence-corrected chi connectivity index (χ1v) is 8.50. The Labute approximate surface area is 137 Å². The molecule has 0 amide bonds. The molecule has 2 aromatic rings. The van der Waals surface area contributed by atoms with Crippen molar-refractivity contribution < 1.29 is 13.2 Å². The number of rotatable bonds is 3. The molecule has 1 aromatic carbocycles. The largest absolute Gasteiger partial charge is 0.416 e. The van der Waals surface area contributed by atoms with Crippen molar-refractivity contribution in [1.82, 2.24) is 10.2 Å². The molecule has 0 bridgehead atoms. The second-order valence-electron chi connectivity index (χ2n) is 5.78. The molecule has 1 atom stereocenters. The number of hydrogen-bond donors (Lipinski definition) is 1. The van der Waals surface area contributed by atoms with Crippen molar-refractivity contribution in [3.05, 3.63) is 57.3 Å². The molecule has 3 rings (SSSR count). The zero-order valence-electron chi connectivity index (χ0n) is 12.9. The second kappa shape index (κ2) is 6.63. The van der Waals surface area contributed by atoms with Crippen molar-refractivity contribution in [3.63, 3.8) is 0 Å². The number of nitrogens with one attached hydrogen (secondary N) is 1. The van der Waals surface area contributed by atoms with E-state index < -0.39 is 11.7 Å². The average Bonchev–Trinajstić information content (AvgIpc) is 2.94. The molecule has 2 nitrogen and oxygen atoms in total. The molecule has 0 spiro atoms. The first kappa shape index (κ1) is 16.5. The van der Waals surface area contributed by atoms with Crippen LogP contribution in [0.15, 0.2) is 35.7 Å². The van der Waals surface area contributed by atoms with Crippen molar-refractivity contribution in [2.45, 2.75) is 19.1 Å².